The zero-order valence-electron chi connectivity index (χ0n) is 15.1. The fraction of sp³-hybridized carbons (Fsp3) is 0.850. The van der Waals surface area contributed by atoms with Crippen LogP contribution in [0.4, 0.5) is 0 Å². The topological polar surface area (TPSA) is 26.3 Å². The first-order valence-electron chi connectivity index (χ1n) is 9.44. The van der Waals surface area contributed by atoms with Crippen molar-refractivity contribution < 1.29 is 9.53 Å². The second-order valence-electron chi connectivity index (χ2n) is 6.47. The fourth-order valence-electron chi connectivity index (χ4n) is 2.73. The lowest BCUT2D eigenvalue weighted by Crippen LogP contribution is -1.99. The van der Waals surface area contributed by atoms with Crippen molar-refractivity contribution in [2.75, 3.05) is 7.11 Å². The van der Waals surface area contributed by atoms with E-state index in [0.717, 1.165) is 12.8 Å². The molecule has 0 unspecified atom stereocenters. The van der Waals surface area contributed by atoms with Crippen molar-refractivity contribution in [1.82, 2.24) is 0 Å². The number of carbonyl (C=O) groups excluding carboxylic acids is 1. The maximum absolute atomic E-state index is 11.0. The van der Waals surface area contributed by atoms with Gasteiger partial charge in [0.1, 0.15) is 0 Å². The van der Waals surface area contributed by atoms with Gasteiger partial charge in [0.05, 0.1) is 7.11 Å². The Balaban J connectivity index is 3.21. The first kappa shape index (κ1) is 21.2. The molecule has 0 fully saturated rings. The maximum atomic E-state index is 11.0. The Hall–Kier alpha value is -0.790. The quantitative estimate of drug-likeness (QED) is 0.183. The van der Waals surface area contributed by atoms with Crippen LogP contribution >= 0.6 is 0 Å². The van der Waals surface area contributed by atoms with Gasteiger partial charge >= 0.3 is 5.97 Å². The first-order chi connectivity index (χ1) is 10.7. The number of unbranched alkanes of at least 4 members (excludes halogenated alkanes) is 10. The number of rotatable bonds is 16. The summed E-state index contributed by atoms with van der Waals surface area (Å²) in [6, 6.07) is 0. The van der Waals surface area contributed by atoms with Crippen LogP contribution in [0.25, 0.3) is 0 Å². The number of hydrogen-bond acceptors (Lipinski definition) is 2. The summed E-state index contributed by atoms with van der Waals surface area (Å²) in [5.74, 6) is -0.0805. The smallest absolute Gasteiger partial charge is 0.305 e. The van der Waals surface area contributed by atoms with Crippen molar-refractivity contribution in [2.45, 2.75) is 103 Å². The minimum absolute atomic E-state index is 0.0805. The second-order valence-corrected chi connectivity index (χ2v) is 6.47. The monoisotopic (exact) mass is 310 g/mol. The molecule has 130 valence electrons. The van der Waals surface area contributed by atoms with E-state index in [-0.39, 0.29) is 5.97 Å². The van der Waals surface area contributed by atoms with E-state index < -0.39 is 0 Å². The number of esters is 1. The molecule has 2 heteroatoms. The van der Waals surface area contributed by atoms with Crippen LogP contribution in [0, 0.1) is 0 Å². The fourth-order valence-corrected chi connectivity index (χ4v) is 2.73. The maximum Gasteiger partial charge on any atom is 0.305 e. The van der Waals surface area contributed by atoms with E-state index in [1.807, 2.05) is 0 Å². The van der Waals surface area contributed by atoms with Gasteiger partial charge in [0.15, 0.2) is 0 Å². The molecule has 0 atom stereocenters. The minimum atomic E-state index is -0.0805. The summed E-state index contributed by atoms with van der Waals surface area (Å²) >= 11 is 0. The average molecular weight is 311 g/mol. The summed E-state index contributed by atoms with van der Waals surface area (Å²) in [4.78, 5) is 11.0. The molecule has 0 aromatic heterocycles. The molecule has 0 aliphatic heterocycles. The molecule has 0 N–H and O–H groups in total. The minimum Gasteiger partial charge on any atom is -0.469 e. The van der Waals surface area contributed by atoms with Gasteiger partial charge in [0.25, 0.3) is 0 Å². The summed E-state index contributed by atoms with van der Waals surface area (Å²) in [5, 5.41) is 0. The molecule has 0 aliphatic carbocycles. The van der Waals surface area contributed by atoms with Crippen LogP contribution in [-0.4, -0.2) is 13.1 Å². The van der Waals surface area contributed by atoms with Crippen LogP contribution in [0.3, 0.4) is 0 Å². The molecular formula is C20H38O2. The van der Waals surface area contributed by atoms with Gasteiger partial charge < -0.3 is 4.74 Å². The van der Waals surface area contributed by atoms with E-state index >= 15 is 0 Å². The van der Waals surface area contributed by atoms with Crippen molar-refractivity contribution in [2.24, 2.45) is 0 Å². The van der Waals surface area contributed by atoms with Crippen LogP contribution in [0.15, 0.2) is 12.2 Å². The molecule has 0 rings (SSSR count). The average Bonchev–Trinajstić information content (AvgIpc) is 2.52. The van der Waals surface area contributed by atoms with Crippen LogP contribution in [0.1, 0.15) is 103 Å². The van der Waals surface area contributed by atoms with Gasteiger partial charge in [-0.15, -0.1) is 0 Å². The highest BCUT2D eigenvalue weighted by Gasteiger charge is 2.00. The van der Waals surface area contributed by atoms with E-state index in [9.17, 15) is 4.79 Å². The number of allylic oxidation sites excluding steroid dienone is 1. The van der Waals surface area contributed by atoms with Gasteiger partial charge in [-0.05, 0) is 32.1 Å². The van der Waals surface area contributed by atoms with Crippen molar-refractivity contribution in [3.05, 3.63) is 12.2 Å². The molecule has 0 aliphatic rings. The largest absolute Gasteiger partial charge is 0.469 e. The molecule has 0 bridgehead atoms. The van der Waals surface area contributed by atoms with Crippen LogP contribution in [0.2, 0.25) is 0 Å². The Bertz CT molecular complexity index is 271. The van der Waals surface area contributed by atoms with Crippen molar-refractivity contribution >= 4 is 5.97 Å². The van der Waals surface area contributed by atoms with Crippen LogP contribution in [-0.2, 0) is 9.53 Å². The summed E-state index contributed by atoms with van der Waals surface area (Å²) in [6.45, 7) is 6.48. The van der Waals surface area contributed by atoms with Crippen LogP contribution in [0.5, 0.6) is 0 Å². The zero-order chi connectivity index (χ0) is 16.5. The third-order valence-corrected chi connectivity index (χ3v) is 4.27. The van der Waals surface area contributed by atoms with Crippen molar-refractivity contribution in [1.29, 1.82) is 0 Å². The van der Waals surface area contributed by atoms with E-state index in [1.54, 1.807) is 0 Å². The molecule has 0 aromatic rings. The molecule has 0 radical (unpaired) electrons. The summed E-state index contributed by atoms with van der Waals surface area (Å²) in [6.07, 6.45) is 18.5. The Labute approximate surface area is 138 Å². The third kappa shape index (κ3) is 15.6. The molecule has 0 saturated carbocycles. The van der Waals surface area contributed by atoms with Crippen molar-refractivity contribution in [3.8, 4) is 0 Å². The standard InChI is InChI=1S/C20H38O2/c1-4-5-6-7-8-10-13-16-19(2)17-14-11-9-12-15-18-20(21)22-3/h2,4-18H2,1,3H3. The molecule has 22 heavy (non-hydrogen) atoms. The second kappa shape index (κ2) is 16.6. The van der Waals surface area contributed by atoms with Gasteiger partial charge in [-0.25, -0.2) is 0 Å². The molecule has 0 saturated heterocycles. The van der Waals surface area contributed by atoms with E-state index in [2.05, 4.69) is 18.2 Å². The van der Waals surface area contributed by atoms with E-state index in [4.69, 9.17) is 0 Å². The van der Waals surface area contributed by atoms with Gasteiger partial charge in [-0.3, -0.25) is 4.79 Å². The number of methoxy groups -OCH3 is 1. The highest BCUT2D eigenvalue weighted by molar-refractivity contribution is 5.68. The molecule has 0 spiro atoms. The van der Waals surface area contributed by atoms with E-state index in [0.29, 0.717) is 6.42 Å². The summed E-state index contributed by atoms with van der Waals surface area (Å²) in [7, 11) is 1.46. The van der Waals surface area contributed by atoms with Gasteiger partial charge in [-0.1, -0.05) is 76.9 Å². The summed E-state index contributed by atoms with van der Waals surface area (Å²) in [5.41, 5.74) is 1.43. The van der Waals surface area contributed by atoms with E-state index in [1.165, 1.54) is 89.7 Å². The zero-order valence-corrected chi connectivity index (χ0v) is 15.1. The number of ether oxygens (including phenoxy) is 1. The molecule has 0 heterocycles. The predicted molar refractivity (Wildman–Crippen MR) is 96.1 cm³/mol. The third-order valence-electron chi connectivity index (χ3n) is 4.27. The molecule has 0 aromatic carbocycles. The highest BCUT2D eigenvalue weighted by Crippen LogP contribution is 2.17. The van der Waals surface area contributed by atoms with Gasteiger partial charge in [0, 0.05) is 6.42 Å². The molecular weight excluding hydrogens is 272 g/mol. The van der Waals surface area contributed by atoms with Gasteiger partial charge in [0.2, 0.25) is 0 Å². The van der Waals surface area contributed by atoms with Crippen molar-refractivity contribution in [3.63, 3.8) is 0 Å². The SMILES string of the molecule is C=C(CCCCCCCCC)CCCCCCCC(=O)OC. The molecule has 0 amide bonds. The Morgan fingerprint density at radius 1 is 0.727 bits per heavy atom. The van der Waals surface area contributed by atoms with Gasteiger partial charge in [-0.2, -0.15) is 0 Å². The predicted octanol–water partition coefficient (Wildman–Crippen LogP) is 6.59. The highest BCUT2D eigenvalue weighted by atomic mass is 16.5. The Morgan fingerprint density at radius 2 is 1.14 bits per heavy atom. The Morgan fingerprint density at radius 3 is 1.59 bits per heavy atom. The first-order valence-corrected chi connectivity index (χ1v) is 9.44. The number of hydrogen-bond donors (Lipinski definition) is 0. The number of carbonyl (C=O) groups is 1. The summed E-state index contributed by atoms with van der Waals surface area (Å²) < 4.78 is 4.63. The lowest BCUT2D eigenvalue weighted by molar-refractivity contribution is -0.140. The van der Waals surface area contributed by atoms with Crippen LogP contribution < -0.4 is 0 Å². The molecule has 2 nitrogen and oxygen atoms in total. The lowest BCUT2D eigenvalue weighted by atomic mass is 10.0. The Kier molecular flexibility index (Phi) is 16.0. The lowest BCUT2D eigenvalue weighted by Gasteiger charge is -2.06. The normalized spacial score (nSPS) is 10.6.